The summed E-state index contributed by atoms with van der Waals surface area (Å²) in [6.45, 7) is 1.63. The van der Waals surface area contributed by atoms with Crippen LogP contribution >= 0.6 is 0 Å². The van der Waals surface area contributed by atoms with Crippen LogP contribution in [0.25, 0.3) is 0 Å². The van der Waals surface area contributed by atoms with Crippen LogP contribution in [0.4, 0.5) is 0 Å². The molecule has 1 fully saturated rings. The van der Waals surface area contributed by atoms with Crippen LogP contribution in [0.1, 0.15) is 12.8 Å². The van der Waals surface area contributed by atoms with Crippen molar-refractivity contribution >= 4 is 11.8 Å². The number of β-amino-alcohol motifs (C(OH)–C–C–N with tert-alkyl or cyclic N) is 1. The van der Waals surface area contributed by atoms with E-state index >= 15 is 0 Å². The van der Waals surface area contributed by atoms with Gasteiger partial charge in [-0.15, -0.1) is 0 Å². The highest BCUT2D eigenvalue weighted by atomic mass is 16.5. The summed E-state index contributed by atoms with van der Waals surface area (Å²) in [4.78, 5) is 23.6. The van der Waals surface area contributed by atoms with Crippen molar-refractivity contribution in [2.75, 3.05) is 33.4 Å². The smallest absolute Gasteiger partial charge is 0.229 e. The van der Waals surface area contributed by atoms with E-state index in [2.05, 4.69) is 5.32 Å². The lowest BCUT2D eigenvalue weighted by Crippen LogP contribution is -2.41. The van der Waals surface area contributed by atoms with Crippen LogP contribution < -0.4 is 5.32 Å². The molecule has 6 heteroatoms. The Labute approximate surface area is 94.6 Å². The van der Waals surface area contributed by atoms with E-state index < -0.39 is 6.10 Å². The Morgan fingerprint density at radius 1 is 1.44 bits per heavy atom. The average molecular weight is 230 g/mol. The SMILES string of the molecule is COCCNCC(O)CN1C(=O)CCC1=O. The molecule has 0 aromatic heterocycles. The van der Waals surface area contributed by atoms with Gasteiger partial charge in [-0.05, 0) is 0 Å². The highest BCUT2D eigenvalue weighted by Crippen LogP contribution is 2.11. The first-order valence-corrected chi connectivity index (χ1v) is 5.36. The number of methoxy groups -OCH3 is 1. The molecule has 1 aliphatic heterocycles. The van der Waals surface area contributed by atoms with E-state index in [-0.39, 0.29) is 31.2 Å². The van der Waals surface area contributed by atoms with Gasteiger partial charge in [-0.3, -0.25) is 14.5 Å². The quantitative estimate of drug-likeness (QED) is 0.421. The fraction of sp³-hybridized carbons (Fsp3) is 0.800. The number of likely N-dealkylation sites (tertiary alicyclic amines) is 1. The van der Waals surface area contributed by atoms with Crippen molar-refractivity contribution in [1.82, 2.24) is 10.2 Å². The van der Waals surface area contributed by atoms with Crippen molar-refractivity contribution in [1.29, 1.82) is 0 Å². The van der Waals surface area contributed by atoms with Gasteiger partial charge in [0.15, 0.2) is 0 Å². The van der Waals surface area contributed by atoms with Gasteiger partial charge >= 0.3 is 0 Å². The van der Waals surface area contributed by atoms with Crippen molar-refractivity contribution in [3.8, 4) is 0 Å². The second-order valence-corrected chi connectivity index (χ2v) is 3.75. The van der Waals surface area contributed by atoms with Crippen molar-refractivity contribution in [3.63, 3.8) is 0 Å². The number of carbonyl (C=O) groups excluding carboxylic acids is 2. The second-order valence-electron chi connectivity index (χ2n) is 3.75. The van der Waals surface area contributed by atoms with E-state index in [4.69, 9.17) is 4.74 Å². The molecule has 0 bridgehead atoms. The van der Waals surface area contributed by atoms with Crippen LogP contribution in [-0.4, -0.2) is 61.3 Å². The molecule has 0 aliphatic carbocycles. The van der Waals surface area contributed by atoms with Crippen LogP contribution in [0, 0.1) is 0 Å². The minimum absolute atomic E-state index is 0.0810. The molecule has 1 saturated heterocycles. The summed E-state index contributed by atoms with van der Waals surface area (Å²) >= 11 is 0. The molecule has 92 valence electrons. The van der Waals surface area contributed by atoms with Gasteiger partial charge in [0, 0.05) is 33.0 Å². The third kappa shape index (κ3) is 3.88. The Hall–Kier alpha value is -0.980. The molecule has 1 unspecified atom stereocenters. The molecule has 0 radical (unpaired) electrons. The summed E-state index contributed by atoms with van der Waals surface area (Å²) in [5, 5.41) is 12.6. The standard InChI is InChI=1S/C10H18N2O4/c1-16-5-4-11-6-8(13)7-12-9(14)2-3-10(12)15/h8,11,13H,2-7H2,1H3. The summed E-state index contributed by atoms with van der Waals surface area (Å²) < 4.78 is 4.83. The van der Waals surface area contributed by atoms with Gasteiger partial charge < -0.3 is 15.2 Å². The molecule has 2 N–H and O–H groups in total. The first kappa shape index (κ1) is 13.1. The van der Waals surface area contributed by atoms with E-state index in [1.54, 1.807) is 7.11 Å². The lowest BCUT2D eigenvalue weighted by molar-refractivity contribution is -0.139. The molecule has 1 aliphatic rings. The molecule has 2 amide bonds. The lowest BCUT2D eigenvalue weighted by Gasteiger charge is -2.18. The van der Waals surface area contributed by atoms with Crippen LogP contribution in [0.15, 0.2) is 0 Å². The Bertz CT molecular complexity index is 241. The van der Waals surface area contributed by atoms with E-state index in [0.717, 1.165) is 4.90 Å². The average Bonchev–Trinajstić information content (AvgIpc) is 2.56. The molecule has 0 aromatic rings. The van der Waals surface area contributed by atoms with Gasteiger partial charge in [0.25, 0.3) is 0 Å². The number of nitrogens with one attached hydrogen (secondary N) is 1. The van der Waals surface area contributed by atoms with Gasteiger partial charge in [0.2, 0.25) is 11.8 Å². The van der Waals surface area contributed by atoms with E-state index in [9.17, 15) is 14.7 Å². The zero-order valence-corrected chi connectivity index (χ0v) is 9.44. The van der Waals surface area contributed by atoms with Crippen LogP contribution in [0.3, 0.4) is 0 Å². The Balaban J connectivity index is 2.20. The van der Waals surface area contributed by atoms with Crippen LogP contribution in [0.5, 0.6) is 0 Å². The van der Waals surface area contributed by atoms with E-state index in [1.807, 2.05) is 0 Å². The predicted octanol–water partition coefficient (Wildman–Crippen LogP) is -1.27. The predicted molar refractivity (Wildman–Crippen MR) is 56.7 cm³/mol. The molecule has 6 nitrogen and oxygen atoms in total. The highest BCUT2D eigenvalue weighted by Gasteiger charge is 2.30. The minimum Gasteiger partial charge on any atom is -0.390 e. The number of aliphatic hydroxyl groups is 1. The lowest BCUT2D eigenvalue weighted by atomic mass is 10.3. The molecule has 0 aromatic carbocycles. The molecule has 0 saturated carbocycles. The normalized spacial score (nSPS) is 18.2. The van der Waals surface area contributed by atoms with Gasteiger partial charge in [0.1, 0.15) is 0 Å². The number of hydrogen-bond donors (Lipinski definition) is 2. The van der Waals surface area contributed by atoms with Gasteiger partial charge in [-0.2, -0.15) is 0 Å². The Kier molecular flexibility index (Phi) is 5.37. The Morgan fingerprint density at radius 3 is 2.62 bits per heavy atom. The molecule has 1 rings (SSSR count). The number of carbonyl (C=O) groups is 2. The molecule has 0 spiro atoms. The molecular formula is C10H18N2O4. The topological polar surface area (TPSA) is 78.9 Å². The first-order valence-electron chi connectivity index (χ1n) is 5.36. The highest BCUT2D eigenvalue weighted by molar-refractivity contribution is 6.01. The monoisotopic (exact) mass is 230 g/mol. The first-order chi connectivity index (χ1) is 7.65. The van der Waals surface area contributed by atoms with E-state index in [0.29, 0.717) is 19.7 Å². The van der Waals surface area contributed by atoms with Crippen LogP contribution in [-0.2, 0) is 14.3 Å². The molecular weight excluding hydrogens is 212 g/mol. The zero-order valence-electron chi connectivity index (χ0n) is 9.44. The third-order valence-corrected chi connectivity index (χ3v) is 2.41. The maximum absolute atomic E-state index is 11.3. The van der Waals surface area contributed by atoms with Crippen LogP contribution in [0.2, 0.25) is 0 Å². The number of amides is 2. The largest absolute Gasteiger partial charge is 0.390 e. The van der Waals surface area contributed by atoms with Gasteiger partial charge in [-0.25, -0.2) is 0 Å². The van der Waals surface area contributed by atoms with Crippen molar-refractivity contribution in [2.24, 2.45) is 0 Å². The number of aliphatic hydroxyl groups excluding tert-OH is 1. The third-order valence-electron chi connectivity index (χ3n) is 2.41. The molecule has 16 heavy (non-hydrogen) atoms. The number of nitrogens with zero attached hydrogens (tertiary/aromatic N) is 1. The summed E-state index contributed by atoms with van der Waals surface area (Å²) in [6, 6.07) is 0. The summed E-state index contributed by atoms with van der Waals surface area (Å²) in [7, 11) is 1.60. The number of imide groups is 1. The summed E-state index contributed by atoms with van der Waals surface area (Å²) in [6.07, 6.45) is -0.187. The summed E-state index contributed by atoms with van der Waals surface area (Å²) in [5.41, 5.74) is 0. The van der Waals surface area contributed by atoms with E-state index in [1.165, 1.54) is 0 Å². The van der Waals surface area contributed by atoms with Crippen molar-refractivity contribution in [3.05, 3.63) is 0 Å². The number of rotatable bonds is 7. The van der Waals surface area contributed by atoms with Crippen molar-refractivity contribution in [2.45, 2.75) is 18.9 Å². The summed E-state index contributed by atoms with van der Waals surface area (Å²) in [5.74, 6) is -0.387. The minimum atomic E-state index is -0.720. The van der Waals surface area contributed by atoms with Gasteiger partial charge in [0.05, 0.1) is 19.3 Å². The maximum atomic E-state index is 11.3. The maximum Gasteiger partial charge on any atom is 0.229 e. The zero-order chi connectivity index (χ0) is 12.0. The van der Waals surface area contributed by atoms with Gasteiger partial charge in [-0.1, -0.05) is 0 Å². The number of ether oxygens (including phenoxy) is 1. The van der Waals surface area contributed by atoms with Crippen molar-refractivity contribution < 1.29 is 19.4 Å². The fourth-order valence-corrected chi connectivity index (χ4v) is 1.54. The fourth-order valence-electron chi connectivity index (χ4n) is 1.54. The Morgan fingerprint density at radius 2 is 2.06 bits per heavy atom. The number of hydrogen-bond acceptors (Lipinski definition) is 5. The molecule has 1 heterocycles. The molecule has 1 atom stereocenters. The second kappa shape index (κ2) is 6.57.